The molecule has 0 unspecified atom stereocenters. The molecular formula is C27H34N2O6. The zero-order valence-corrected chi connectivity index (χ0v) is 20.3. The molecule has 8 nitrogen and oxygen atoms in total. The summed E-state index contributed by atoms with van der Waals surface area (Å²) >= 11 is 0. The standard InChI is InChI=1S/C27H34N2O6/c1-17-23(19-10-6-7-11-19)20(14-18-8-4-3-5-9-18)15-34-16-21(27(32)35-17)29-26(31)24-25(30)22(33-2)12-13-28-24/h3-5,8-9,12-13,17,19-21,23,30H,6-7,10-11,14-16H2,1-2H3,(H,29,31)/t17-,20-,21-,23+/m0/s1. The Kier molecular flexibility index (Phi) is 8.23. The van der Waals surface area contributed by atoms with Crippen LogP contribution in [0.1, 0.15) is 48.7 Å². The van der Waals surface area contributed by atoms with Crippen LogP contribution in [0, 0.1) is 17.8 Å². The second kappa shape index (κ2) is 11.5. The Bertz CT molecular complexity index is 1010. The van der Waals surface area contributed by atoms with Crippen LogP contribution in [-0.4, -0.2) is 54.4 Å². The zero-order valence-electron chi connectivity index (χ0n) is 20.3. The van der Waals surface area contributed by atoms with E-state index in [-0.39, 0.29) is 41.7 Å². The number of pyridine rings is 1. The number of benzene rings is 1. The van der Waals surface area contributed by atoms with E-state index in [0.717, 1.165) is 19.3 Å². The van der Waals surface area contributed by atoms with Gasteiger partial charge in [0.2, 0.25) is 0 Å². The van der Waals surface area contributed by atoms with Crippen molar-refractivity contribution in [1.82, 2.24) is 10.3 Å². The summed E-state index contributed by atoms with van der Waals surface area (Å²) in [6, 6.07) is 10.7. The molecule has 1 aromatic carbocycles. The second-order valence-corrected chi connectivity index (χ2v) is 9.49. The predicted octanol–water partition coefficient (Wildman–Crippen LogP) is 3.52. The van der Waals surface area contributed by atoms with Gasteiger partial charge >= 0.3 is 5.97 Å². The van der Waals surface area contributed by atoms with E-state index in [9.17, 15) is 14.7 Å². The Balaban J connectivity index is 1.53. The lowest BCUT2D eigenvalue weighted by atomic mass is 9.75. The second-order valence-electron chi connectivity index (χ2n) is 9.49. The molecule has 4 atom stereocenters. The van der Waals surface area contributed by atoms with Gasteiger partial charge in [0.1, 0.15) is 6.10 Å². The fourth-order valence-electron chi connectivity index (χ4n) is 5.56. The van der Waals surface area contributed by atoms with Gasteiger partial charge in [-0.2, -0.15) is 0 Å². The zero-order chi connectivity index (χ0) is 24.8. The molecular weight excluding hydrogens is 448 g/mol. The van der Waals surface area contributed by atoms with Crippen LogP contribution in [-0.2, 0) is 20.7 Å². The summed E-state index contributed by atoms with van der Waals surface area (Å²) in [5.74, 6) is -0.692. The van der Waals surface area contributed by atoms with Crippen LogP contribution in [0.15, 0.2) is 42.6 Å². The van der Waals surface area contributed by atoms with Gasteiger partial charge in [0.15, 0.2) is 23.2 Å². The quantitative estimate of drug-likeness (QED) is 0.607. The first kappa shape index (κ1) is 25.0. The van der Waals surface area contributed by atoms with Crippen molar-refractivity contribution < 1.29 is 28.9 Å². The van der Waals surface area contributed by atoms with Crippen molar-refractivity contribution in [2.75, 3.05) is 20.3 Å². The normalized spacial score (nSPS) is 25.7. The third kappa shape index (κ3) is 5.93. The molecule has 4 rings (SSSR count). The summed E-state index contributed by atoms with van der Waals surface area (Å²) < 4.78 is 17.0. The highest BCUT2D eigenvalue weighted by Gasteiger charge is 2.40. The van der Waals surface area contributed by atoms with E-state index in [0.29, 0.717) is 12.5 Å². The molecule has 35 heavy (non-hydrogen) atoms. The lowest BCUT2D eigenvalue weighted by Gasteiger charge is -2.35. The minimum atomic E-state index is -1.02. The maximum Gasteiger partial charge on any atom is 0.331 e. The maximum absolute atomic E-state index is 13.1. The largest absolute Gasteiger partial charge is 0.503 e. The molecule has 1 saturated heterocycles. The van der Waals surface area contributed by atoms with Crippen molar-refractivity contribution in [2.45, 2.75) is 51.2 Å². The highest BCUT2D eigenvalue weighted by Crippen LogP contribution is 2.40. The van der Waals surface area contributed by atoms with Crippen molar-refractivity contribution in [3.63, 3.8) is 0 Å². The molecule has 188 valence electrons. The number of nitrogens with zero attached hydrogens (tertiary/aromatic N) is 1. The molecule has 2 fully saturated rings. The van der Waals surface area contributed by atoms with Gasteiger partial charge in [-0.3, -0.25) is 4.79 Å². The van der Waals surface area contributed by atoms with Crippen molar-refractivity contribution in [2.24, 2.45) is 17.8 Å². The highest BCUT2D eigenvalue weighted by molar-refractivity contribution is 5.98. The van der Waals surface area contributed by atoms with E-state index in [1.165, 1.54) is 37.8 Å². The summed E-state index contributed by atoms with van der Waals surface area (Å²) in [6.45, 7) is 2.40. The molecule has 2 aliphatic rings. The minimum absolute atomic E-state index is 0.0231. The Morgan fingerprint density at radius 1 is 1.17 bits per heavy atom. The Morgan fingerprint density at radius 2 is 1.91 bits per heavy atom. The number of methoxy groups -OCH3 is 1. The number of aromatic nitrogens is 1. The SMILES string of the molecule is COc1ccnc(C(=O)N[C@H]2COC[C@H](Cc3ccccc3)[C@@H](C3CCCC3)[C@H](C)OC2=O)c1O. The molecule has 2 aromatic rings. The third-order valence-corrected chi connectivity index (χ3v) is 7.20. The molecule has 8 heteroatoms. The molecule has 1 amide bonds. The maximum atomic E-state index is 13.1. The smallest absolute Gasteiger partial charge is 0.331 e. The van der Waals surface area contributed by atoms with Gasteiger partial charge in [-0.05, 0) is 30.7 Å². The van der Waals surface area contributed by atoms with E-state index < -0.39 is 17.9 Å². The van der Waals surface area contributed by atoms with Gasteiger partial charge in [-0.25, -0.2) is 9.78 Å². The van der Waals surface area contributed by atoms with Crippen LogP contribution in [0.3, 0.4) is 0 Å². The van der Waals surface area contributed by atoms with Crippen LogP contribution < -0.4 is 10.1 Å². The van der Waals surface area contributed by atoms with Crippen molar-refractivity contribution in [3.8, 4) is 11.5 Å². The lowest BCUT2D eigenvalue weighted by Crippen LogP contribution is -2.46. The number of esters is 1. The Morgan fingerprint density at radius 3 is 2.63 bits per heavy atom. The van der Waals surface area contributed by atoms with Gasteiger partial charge < -0.3 is 24.6 Å². The average molecular weight is 483 g/mol. The fraction of sp³-hybridized carbons (Fsp3) is 0.519. The Hall–Kier alpha value is -3.13. The van der Waals surface area contributed by atoms with Gasteiger partial charge in [-0.15, -0.1) is 0 Å². The average Bonchev–Trinajstić information content (AvgIpc) is 3.38. The summed E-state index contributed by atoms with van der Waals surface area (Å²) in [4.78, 5) is 29.9. The first-order chi connectivity index (χ1) is 17.0. The summed E-state index contributed by atoms with van der Waals surface area (Å²) in [5, 5.41) is 12.9. The van der Waals surface area contributed by atoms with Crippen molar-refractivity contribution in [1.29, 1.82) is 0 Å². The monoisotopic (exact) mass is 482 g/mol. The number of carbonyl (C=O) groups is 2. The molecule has 0 radical (unpaired) electrons. The third-order valence-electron chi connectivity index (χ3n) is 7.20. The number of hydrogen-bond donors (Lipinski definition) is 2. The minimum Gasteiger partial charge on any atom is -0.503 e. The topological polar surface area (TPSA) is 107 Å². The van der Waals surface area contributed by atoms with Crippen LogP contribution >= 0.6 is 0 Å². The van der Waals surface area contributed by atoms with E-state index in [1.54, 1.807) is 0 Å². The Labute approximate surface area is 206 Å². The number of cyclic esters (lactones) is 1. The number of aromatic hydroxyl groups is 1. The molecule has 0 bridgehead atoms. The van der Waals surface area contributed by atoms with E-state index >= 15 is 0 Å². The molecule has 0 spiro atoms. The number of ether oxygens (including phenoxy) is 3. The summed E-state index contributed by atoms with van der Waals surface area (Å²) in [5.41, 5.74) is 1.00. The predicted molar refractivity (Wildman–Crippen MR) is 129 cm³/mol. The van der Waals surface area contributed by atoms with Crippen molar-refractivity contribution >= 4 is 11.9 Å². The molecule has 2 heterocycles. The molecule has 1 saturated carbocycles. The number of carbonyl (C=O) groups excluding carboxylic acids is 2. The number of nitrogens with one attached hydrogen (secondary N) is 1. The van der Waals surface area contributed by atoms with Gasteiger partial charge in [0.05, 0.1) is 20.3 Å². The number of amides is 1. The van der Waals surface area contributed by atoms with Gasteiger partial charge in [0, 0.05) is 18.2 Å². The molecule has 1 aliphatic carbocycles. The van der Waals surface area contributed by atoms with Crippen LogP contribution in [0.5, 0.6) is 11.5 Å². The van der Waals surface area contributed by atoms with E-state index in [1.807, 2.05) is 25.1 Å². The fourth-order valence-corrected chi connectivity index (χ4v) is 5.56. The van der Waals surface area contributed by atoms with Gasteiger partial charge in [-0.1, -0.05) is 56.0 Å². The van der Waals surface area contributed by atoms with Crippen LogP contribution in [0.25, 0.3) is 0 Å². The lowest BCUT2D eigenvalue weighted by molar-refractivity contribution is -0.155. The highest BCUT2D eigenvalue weighted by atomic mass is 16.6. The number of rotatable bonds is 6. The summed E-state index contributed by atoms with van der Waals surface area (Å²) in [6.07, 6.45) is 6.50. The molecule has 2 N–H and O–H groups in total. The summed E-state index contributed by atoms with van der Waals surface area (Å²) in [7, 11) is 1.38. The molecule has 1 aliphatic heterocycles. The first-order valence-corrected chi connectivity index (χ1v) is 12.3. The first-order valence-electron chi connectivity index (χ1n) is 12.3. The van der Waals surface area contributed by atoms with Crippen LogP contribution in [0.2, 0.25) is 0 Å². The molecule has 1 aromatic heterocycles. The van der Waals surface area contributed by atoms with Crippen molar-refractivity contribution in [3.05, 3.63) is 53.9 Å². The van der Waals surface area contributed by atoms with E-state index in [4.69, 9.17) is 14.2 Å². The van der Waals surface area contributed by atoms with Crippen LogP contribution in [0.4, 0.5) is 0 Å². The van der Waals surface area contributed by atoms with Gasteiger partial charge in [0.25, 0.3) is 5.91 Å². The number of hydrogen-bond acceptors (Lipinski definition) is 7. The van der Waals surface area contributed by atoms with E-state index in [2.05, 4.69) is 22.4 Å².